The van der Waals surface area contributed by atoms with Crippen LogP contribution in [0.15, 0.2) is 0 Å². The summed E-state index contributed by atoms with van der Waals surface area (Å²) in [6, 6.07) is 0.897. The predicted octanol–water partition coefficient (Wildman–Crippen LogP) is 1.65. The topological polar surface area (TPSA) is 0 Å². The van der Waals surface area contributed by atoms with Gasteiger partial charge in [0.05, 0.1) is 0 Å². The van der Waals surface area contributed by atoms with Crippen LogP contribution in [0.2, 0.25) is 6.04 Å². The lowest BCUT2D eigenvalue weighted by Crippen LogP contribution is -1.77. The van der Waals surface area contributed by atoms with E-state index in [2.05, 4.69) is 6.92 Å². The highest BCUT2D eigenvalue weighted by atomic mass is 28.3. The lowest BCUT2D eigenvalue weighted by molar-refractivity contribution is 0.746. The molecule has 44 valence electrons. The third-order valence-corrected chi connectivity index (χ3v) is 1.75. The molecule has 0 N–H and O–H groups in total. The third-order valence-electron chi connectivity index (χ3n) is 0.987. The molecule has 0 fully saturated rings. The fourth-order valence-electron chi connectivity index (χ4n) is 0.521. The van der Waals surface area contributed by atoms with Gasteiger partial charge < -0.3 is 4.11 Å². The van der Waals surface area contributed by atoms with Crippen molar-refractivity contribution in [3.8, 4) is 0 Å². The van der Waals surface area contributed by atoms with Gasteiger partial charge in [-0.2, -0.15) is 0 Å². The van der Waals surface area contributed by atoms with E-state index in [9.17, 15) is 4.11 Å². The number of hydrogen-bond acceptors (Lipinski definition) is 0. The normalized spacial score (nSPS) is 11.1. The van der Waals surface area contributed by atoms with Crippen LogP contribution < -0.4 is 0 Å². The minimum Gasteiger partial charge on any atom is -0.323 e. The third kappa shape index (κ3) is 6.15. The number of unbranched alkanes of at least 4 members (excludes halogenated alkanes) is 2. The van der Waals surface area contributed by atoms with E-state index >= 15 is 0 Å². The Morgan fingerprint density at radius 3 is 2.57 bits per heavy atom. The average molecular weight is 120 g/mol. The lowest BCUT2D eigenvalue weighted by atomic mass is 10.3. The summed E-state index contributed by atoms with van der Waals surface area (Å²) in [5.41, 5.74) is 0. The van der Waals surface area contributed by atoms with Crippen LogP contribution in [0, 0.1) is 0 Å². The minimum atomic E-state index is -1.11. The van der Waals surface area contributed by atoms with E-state index in [0.29, 0.717) is 0 Å². The predicted molar refractivity (Wildman–Crippen MR) is 34.0 cm³/mol. The highest BCUT2D eigenvalue weighted by molar-refractivity contribution is 6.25. The molecular weight excluding hydrogens is 107 g/mol. The first kappa shape index (κ1) is 7.15. The van der Waals surface area contributed by atoms with Crippen molar-refractivity contribution in [3.05, 3.63) is 0 Å². The van der Waals surface area contributed by atoms with Gasteiger partial charge >= 0.3 is 0 Å². The van der Waals surface area contributed by atoms with Gasteiger partial charge in [-0.15, -0.1) is 0 Å². The van der Waals surface area contributed by atoms with Crippen molar-refractivity contribution >= 4 is 9.85 Å². The van der Waals surface area contributed by atoms with E-state index < -0.39 is 9.85 Å². The largest absolute Gasteiger partial charge is 0.323 e. The van der Waals surface area contributed by atoms with Gasteiger partial charge in [0.25, 0.3) is 0 Å². The Hall–Kier alpha value is 0.147. The van der Waals surface area contributed by atoms with Gasteiger partial charge in [-0.1, -0.05) is 26.2 Å². The molecule has 0 amide bonds. The van der Waals surface area contributed by atoms with Crippen molar-refractivity contribution in [1.82, 2.24) is 0 Å². The molecule has 0 rings (SSSR count). The maximum atomic E-state index is 11.5. The first-order valence-corrected chi connectivity index (χ1v) is 4.51. The Morgan fingerprint density at radius 1 is 1.43 bits per heavy atom. The van der Waals surface area contributed by atoms with Crippen LogP contribution in [-0.2, 0) is 0 Å². The first-order valence-electron chi connectivity index (χ1n) is 2.97. The van der Waals surface area contributed by atoms with E-state index in [1.807, 2.05) is 0 Å². The van der Waals surface area contributed by atoms with Gasteiger partial charge in [-0.25, -0.2) is 0 Å². The molecule has 0 bridgehead atoms. The second-order valence-electron chi connectivity index (χ2n) is 1.75. The quantitative estimate of drug-likeness (QED) is 0.300. The van der Waals surface area contributed by atoms with Crippen LogP contribution in [0.25, 0.3) is 0 Å². The van der Waals surface area contributed by atoms with Crippen molar-refractivity contribution in [3.63, 3.8) is 0 Å². The lowest BCUT2D eigenvalue weighted by Gasteiger charge is -1.88. The van der Waals surface area contributed by atoms with Crippen molar-refractivity contribution in [1.29, 1.82) is 0 Å². The molecule has 0 aromatic heterocycles. The van der Waals surface area contributed by atoms with Gasteiger partial charge in [0.1, 0.15) is 0 Å². The molecule has 0 saturated carbocycles. The summed E-state index contributed by atoms with van der Waals surface area (Å²) in [6.07, 6.45) is 3.56. The smallest absolute Gasteiger partial charge is 0.216 e. The highest BCUT2D eigenvalue weighted by Crippen LogP contribution is 1.97. The monoisotopic (exact) mass is 120 g/mol. The van der Waals surface area contributed by atoms with Crippen LogP contribution >= 0.6 is 0 Å². The number of rotatable bonds is 4. The Labute approximate surface area is 47.1 Å². The zero-order valence-corrected chi connectivity index (χ0v) is 6.33. The molecule has 0 aromatic rings. The maximum absolute atomic E-state index is 11.5. The van der Waals surface area contributed by atoms with Crippen LogP contribution in [0.5, 0.6) is 0 Å². The maximum Gasteiger partial charge on any atom is 0.216 e. The highest BCUT2D eigenvalue weighted by Gasteiger charge is 1.83. The van der Waals surface area contributed by atoms with Crippen LogP contribution in [0.3, 0.4) is 0 Å². The van der Waals surface area contributed by atoms with Crippen LogP contribution in [0.4, 0.5) is 4.11 Å². The fourth-order valence-corrected chi connectivity index (χ4v) is 1.06. The summed E-state index contributed by atoms with van der Waals surface area (Å²) < 4.78 is 11.5. The summed E-state index contributed by atoms with van der Waals surface area (Å²) in [5, 5.41) is 0. The second kappa shape index (κ2) is 6.15. The van der Waals surface area contributed by atoms with Gasteiger partial charge in [0.15, 0.2) is 0 Å². The van der Waals surface area contributed by atoms with Crippen molar-refractivity contribution in [2.75, 3.05) is 0 Å². The molecule has 0 aliphatic rings. The Balaban J connectivity index is 2.45. The van der Waals surface area contributed by atoms with Crippen molar-refractivity contribution in [2.24, 2.45) is 0 Å². The van der Waals surface area contributed by atoms with E-state index in [1.54, 1.807) is 0 Å². The van der Waals surface area contributed by atoms with E-state index in [-0.39, 0.29) is 0 Å². The molecule has 0 heterocycles. The molecule has 0 aliphatic carbocycles. The average Bonchev–Trinajstić information content (AvgIpc) is 1.69. The standard InChI is InChI=1S/C5H13FSi/c1-2-3-4-5-7-6/h2-5,7H2,1H3. The summed E-state index contributed by atoms with van der Waals surface area (Å²) in [7, 11) is -1.11. The summed E-state index contributed by atoms with van der Waals surface area (Å²) in [6.45, 7) is 2.14. The molecule has 0 atom stereocenters. The van der Waals surface area contributed by atoms with Crippen molar-refractivity contribution in [2.45, 2.75) is 32.2 Å². The SMILES string of the molecule is CCCCC[SiH2]F. The number of halogens is 1. The summed E-state index contributed by atoms with van der Waals surface area (Å²) >= 11 is 0. The van der Waals surface area contributed by atoms with Crippen molar-refractivity contribution < 1.29 is 4.11 Å². The van der Waals surface area contributed by atoms with E-state index in [1.165, 1.54) is 12.8 Å². The molecule has 0 spiro atoms. The zero-order valence-electron chi connectivity index (χ0n) is 4.91. The van der Waals surface area contributed by atoms with Gasteiger partial charge in [-0.3, -0.25) is 0 Å². The number of hydrogen-bond donors (Lipinski definition) is 0. The Kier molecular flexibility index (Phi) is 6.28. The molecule has 0 aliphatic heterocycles. The molecule has 0 nitrogen and oxygen atoms in total. The minimum absolute atomic E-state index is 0.897. The molecule has 0 saturated heterocycles. The van der Waals surface area contributed by atoms with Crippen LogP contribution in [-0.4, -0.2) is 9.85 Å². The van der Waals surface area contributed by atoms with Crippen LogP contribution in [0.1, 0.15) is 26.2 Å². The van der Waals surface area contributed by atoms with E-state index in [4.69, 9.17) is 0 Å². The molecule has 0 radical (unpaired) electrons. The molecule has 0 unspecified atom stereocenters. The van der Waals surface area contributed by atoms with Gasteiger partial charge in [0.2, 0.25) is 9.85 Å². The Morgan fingerprint density at radius 2 is 2.14 bits per heavy atom. The Bertz CT molecular complexity index is 27.3. The molecule has 0 aromatic carbocycles. The fraction of sp³-hybridized carbons (Fsp3) is 1.00. The first-order chi connectivity index (χ1) is 3.41. The zero-order chi connectivity index (χ0) is 5.54. The van der Waals surface area contributed by atoms with Gasteiger partial charge in [0, 0.05) is 0 Å². The summed E-state index contributed by atoms with van der Waals surface area (Å²) in [4.78, 5) is 0. The molecule has 2 heteroatoms. The van der Waals surface area contributed by atoms with E-state index in [0.717, 1.165) is 12.5 Å². The molecule has 7 heavy (non-hydrogen) atoms. The second-order valence-corrected chi connectivity index (χ2v) is 2.83. The summed E-state index contributed by atoms with van der Waals surface area (Å²) in [5.74, 6) is 0. The molecular formula is C5H13FSi. The van der Waals surface area contributed by atoms with Gasteiger partial charge in [-0.05, 0) is 6.04 Å².